The van der Waals surface area contributed by atoms with Crippen molar-refractivity contribution in [2.24, 2.45) is 5.92 Å². The van der Waals surface area contributed by atoms with Gasteiger partial charge >= 0.3 is 0 Å². The Balaban J connectivity index is 2.11. The van der Waals surface area contributed by atoms with E-state index >= 15 is 0 Å². The molecule has 1 aromatic heterocycles. The van der Waals surface area contributed by atoms with Crippen molar-refractivity contribution >= 4 is 17.3 Å². The van der Waals surface area contributed by atoms with Crippen molar-refractivity contribution in [3.63, 3.8) is 0 Å². The lowest BCUT2D eigenvalue weighted by Crippen LogP contribution is -2.31. The number of aromatic nitrogens is 2. The second kappa shape index (κ2) is 6.20. The minimum atomic E-state index is -0.174. The Morgan fingerprint density at radius 2 is 2.33 bits per heavy atom. The summed E-state index contributed by atoms with van der Waals surface area (Å²) in [5, 5.41) is 16.1. The van der Waals surface area contributed by atoms with E-state index in [2.05, 4.69) is 10.4 Å². The predicted molar refractivity (Wildman–Crippen MR) is 71.0 cm³/mol. The molecule has 0 radical (unpaired) electrons. The fourth-order valence-corrected chi connectivity index (χ4v) is 2.16. The molecule has 0 saturated heterocycles. The SMILES string of the molecule is O=c1c(NCCCO)c(Cl)cnn1CC1CCC1. The first kappa shape index (κ1) is 13.4. The third-order valence-corrected chi connectivity index (χ3v) is 3.58. The van der Waals surface area contributed by atoms with Gasteiger partial charge in [-0.2, -0.15) is 5.10 Å². The highest BCUT2D eigenvalue weighted by atomic mass is 35.5. The van der Waals surface area contributed by atoms with E-state index in [1.54, 1.807) is 0 Å². The summed E-state index contributed by atoms with van der Waals surface area (Å²) in [7, 11) is 0. The number of aliphatic hydroxyl groups excluding tert-OH is 1. The number of hydrogen-bond acceptors (Lipinski definition) is 4. The van der Waals surface area contributed by atoms with Gasteiger partial charge in [-0.25, -0.2) is 4.68 Å². The maximum atomic E-state index is 12.2. The minimum Gasteiger partial charge on any atom is -0.396 e. The van der Waals surface area contributed by atoms with Crippen LogP contribution in [0.15, 0.2) is 11.0 Å². The molecular formula is C12H18ClN3O2. The third kappa shape index (κ3) is 3.03. The molecule has 1 aliphatic carbocycles. The van der Waals surface area contributed by atoms with Gasteiger partial charge in [0.15, 0.2) is 0 Å². The Labute approximate surface area is 111 Å². The Morgan fingerprint density at radius 3 is 2.94 bits per heavy atom. The summed E-state index contributed by atoms with van der Waals surface area (Å²) >= 11 is 5.96. The van der Waals surface area contributed by atoms with Crippen molar-refractivity contribution in [1.29, 1.82) is 0 Å². The topological polar surface area (TPSA) is 67.2 Å². The van der Waals surface area contributed by atoms with Crippen LogP contribution >= 0.6 is 11.6 Å². The van der Waals surface area contributed by atoms with Crippen LogP contribution in [0.1, 0.15) is 25.7 Å². The molecule has 1 saturated carbocycles. The molecule has 6 heteroatoms. The van der Waals surface area contributed by atoms with Crippen LogP contribution in [0.3, 0.4) is 0 Å². The summed E-state index contributed by atoms with van der Waals surface area (Å²) in [6.07, 6.45) is 5.67. The lowest BCUT2D eigenvalue weighted by Gasteiger charge is -2.25. The van der Waals surface area contributed by atoms with Crippen molar-refractivity contribution in [1.82, 2.24) is 9.78 Å². The van der Waals surface area contributed by atoms with Gasteiger partial charge in [-0.1, -0.05) is 18.0 Å². The summed E-state index contributed by atoms with van der Waals surface area (Å²) in [6, 6.07) is 0. The monoisotopic (exact) mass is 271 g/mol. The van der Waals surface area contributed by atoms with Crippen LogP contribution in [0.5, 0.6) is 0 Å². The molecule has 0 bridgehead atoms. The van der Waals surface area contributed by atoms with E-state index < -0.39 is 0 Å². The molecule has 5 nitrogen and oxygen atoms in total. The predicted octanol–water partition coefficient (Wildman–Crippen LogP) is 1.49. The van der Waals surface area contributed by atoms with Crippen LogP contribution in [0.2, 0.25) is 5.02 Å². The van der Waals surface area contributed by atoms with Crippen LogP contribution < -0.4 is 10.9 Å². The fourth-order valence-electron chi connectivity index (χ4n) is 1.97. The maximum absolute atomic E-state index is 12.2. The minimum absolute atomic E-state index is 0.0893. The molecule has 2 N–H and O–H groups in total. The van der Waals surface area contributed by atoms with Gasteiger partial charge in [0.2, 0.25) is 0 Å². The molecule has 1 fully saturated rings. The lowest BCUT2D eigenvalue weighted by molar-refractivity contribution is 0.262. The average molecular weight is 272 g/mol. The summed E-state index contributed by atoms with van der Waals surface area (Å²) in [6.45, 7) is 1.29. The molecule has 18 heavy (non-hydrogen) atoms. The summed E-state index contributed by atoms with van der Waals surface area (Å²) in [4.78, 5) is 12.2. The first-order chi connectivity index (χ1) is 8.72. The van der Waals surface area contributed by atoms with Crippen molar-refractivity contribution in [2.75, 3.05) is 18.5 Å². The zero-order chi connectivity index (χ0) is 13.0. The highest BCUT2D eigenvalue weighted by Crippen LogP contribution is 2.27. The van der Waals surface area contributed by atoms with Gasteiger partial charge in [-0.3, -0.25) is 4.79 Å². The normalized spacial score (nSPS) is 15.4. The number of anilines is 1. The average Bonchev–Trinajstić information content (AvgIpc) is 2.30. The molecule has 0 aromatic carbocycles. The molecular weight excluding hydrogens is 254 g/mol. The van der Waals surface area contributed by atoms with Gasteiger partial charge in [0.1, 0.15) is 5.69 Å². The quantitative estimate of drug-likeness (QED) is 0.770. The van der Waals surface area contributed by atoms with E-state index in [0.29, 0.717) is 36.1 Å². The molecule has 0 aliphatic heterocycles. The Morgan fingerprint density at radius 1 is 1.56 bits per heavy atom. The number of rotatable bonds is 6. The van der Waals surface area contributed by atoms with Gasteiger partial charge in [-0.15, -0.1) is 0 Å². The second-order valence-electron chi connectivity index (χ2n) is 4.66. The molecule has 0 atom stereocenters. The van der Waals surface area contributed by atoms with Crippen LogP contribution in [-0.4, -0.2) is 28.0 Å². The molecule has 0 unspecified atom stereocenters. The largest absolute Gasteiger partial charge is 0.396 e. The Hall–Kier alpha value is -1.07. The van der Waals surface area contributed by atoms with Crippen molar-refractivity contribution in [3.8, 4) is 0 Å². The van der Waals surface area contributed by atoms with E-state index in [9.17, 15) is 4.79 Å². The molecule has 1 aliphatic rings. The van der Waals surface area contributed by atoms with Gasteiger partial charge in [0.25, 0.3) is 5.56 Å². The van der Waals surface area contributed by atoms with Gasteiger partial charge in [0, 0.05) is 19.7 Å². The van der Waals surface area contributed by atoms with Gasteiger partial charge in [0.05, 0.1) is 11.2 Å². The van der Waals surface area contributed by atoms with E-state index in [1.165, 1.54) is 30.1 Å². The zero-order valence-corrected chi connectivity index (χ0v) is 11.0. The highest BCUT2D eigenvalue weighted by molar-refractivity contribution is 6.32. The molecule has 0 amide bonds. The van der Waals surface area contributed by atoms with E-state index in [4.69, 9.17) is 16.7 Å². The zero-order valence-electron chi connectivity index (χ0n) is 10.2. The number of nitrogens with one attached hydrogen (secondary N) is 1. The van der Waals surface area contributed by atoms with E-state index in [0.717, 1.165) is 0 Å². The van der Waals surface area contributed by atoms with Gasteiger partial charge in [-0.05, 0) is 25.2 Å². The maximum Gasteiger partial charge on any atom is 0.291 e. The van der Waals surface area contributed by atoms with Crippen molar-refractivity contribution in [3.05, 3.63) is 21.6 Å². The van der Waals surface area contributed by atoms with Crippen LogP contribution in [0, 0.1) is 5.92 Å². The summed E-state index contributed by atoms with van der Waals surface area (Å²) in [5.41, 5.74) is 0.215. The van der Waals surface area contributed by atoms with Crippen LogP contribution in [0.4, 0.5) is 5.69 Å². The van der Waals surface area contributed by atoms with Crippen LogP contribution in [0.25, 0.3) is 0 Å². The molecule has 1 aromatic rings. The second-order valence-corrected chi connectivity index (χ2v) is 5.06. The van der Waals surface area contributed by atoms with Crippen molar-refractivity contribution < 1.29 is 5.11 Å². The molecule has 100 valence electrons. The Kier molecular flexibility index (Phi) is 4.60. The molecule has 1 heterocycles. The van der Waals surface area contributed by atoms with Crippen LogP contribution in [-0.2, 0) is 6.54 Å². The smallest absolute Gasteiger partial charge is 0.291 e. The van der Waals surface area contributed by atoms with E-state index in [1.807, 2.05) is 0 Å². The first-order valence-corrected chi connectivity index (χ1v) is 6.70. The summed E-state index contributed by atoms with van der Waals surface area (Å²) < 4.78 is 1.48. The van der Waals surface area contributed by atoms with Gasteiger partial charge < -0.3 is 10.4 Å². The number of nitrogens with zero attached hydrogens (tertiary/aromatic N) is 2. The Bertz CT molecular complexity index is 457. The third-order valence-electron chi connectivity index (χ3n) is 3.29. The highest BCUT2D eigenvalue weighted by Gasteiger charge is 2.20. The number of aliphatic hydroxyl groups is 1. The number of halogens is 1. The molecule has 0 spiro atoms. The standard InChI is InChI=1S/C12H18ClN3O2/c13-10-7-15-16(8-9-3-1-4-9)12(18)11(10)14-5-2-6-17/h7,9,14,17H,1-6,8H2. The van der Waals surface area contributed by atoms with E-state index in [-0.39, 0.29) is 12.2 Å². The fraction of sp³-hybridized carbons (Fsp3) is 0.667. The number of hydrogen-bond donors (Lipinski definition) is 2. The summed E-state index contributed by atoms with van der Waals surface area (Å²) in [5.74, 6) is 0.571. The molecule has 2 rings (SSSR count). The van der Waals surface area contributed by atoms with Crippen molar-refractivity contribution in [2.45, 2.75) is 32.2 Å². The lowest BCUT2D eigenvalue weighted by atomic mass is 9.85. The first-order valence-electron chi connectivity index (χ1n) is 6.32.